The van der Waals surface area contributed by atoms with Crippen LogP contribution in [-0.2, 0) is 25.5 Å². The van der Waals surface area contributed by atoms with Gasteiger partial charge in [0.2, 0.25) is 5.91 Å². The summed E-state index contributed by atoms with van der Waals surface area (Å²) in [6.45, 7) is 12.8. The normalized spacial score (nSPS) is 19.7. The molecule has 0 saturated carbocycles. The quantitative estimate of drug-likeness (QED) is 0.643. The standard InChI is InChI=1S/C25H36N4O5/c1-15(30)33-19-10-12-29(18(19)13-16-14-27-21-17(16)9-8-11-26-21)22(31)20(24(2,3)4)28-23(32)34-25(5,6)7/h8-9,11,14,18-20H,10,12-13H2,1-7H3,(H,26,27)(H,28,32)/t18-,19+,20-/m1/s1. The molecule has 1 aliphatic heterocycles. The van der Waals surface area contributed by atoms with Gasteiger partial charge in [0.1, 0.15) is 23.4 Å². The van der Waals surface area contributed by atoms with Gasteiger partial charge in [-0.2, -0.15) is 0 Å². The Morgan fingerprint density at radius 1 is 1.24 bits per heavy atom. The molecule has 2 amide bonds. The molecule has 186 valence electrons. The van der Waals surface area contributed by atoms with Crippen molar-refractivity contribution in [1.29, 1.82) is 0 Å². The van der Waals surface area contributed by atoms with Gasteiger partial charge in [0.15, 0.2) is 0 Å². The molecule has 0 radical (unpaired) electrons. The van der Waals surface area contributed by atoms with E-state index in [1.165, 1.54) is 6.92 Å². The van der Waals surface area contributed by atoms with Crippen LogP contribution in [0, 0.1) is 5.41 Å². The summed E-state index contributed by atoms with van der Waals surface area (Å²) >= 11 is 0. The van der Waals surface area contributed by atoms with E-state index < -0.39 is 29.3 Å². The molecule has 0 bridgehead atoms. The third-order valence-corrected chi connectivity index (χ3v) is 5.82. The molecule has 1 aliphatic rings. The molecule has 2 aromatic heterocycles. The van der Waals surface area contributed by atoms with Crippen LogP contribution in [0.2, 0.25) is 0 Å². The lowest BCUT2D eigenvalue weighted by Gasteiger charge is -2.36. The number of nitrogens with zero attached hydrogens (tertiary/aromatic N) is 2. The number of hydrogen-bond acceptors (Lipinski definition) is 6. The van der Waals surface area contributed by atoms with Crippen molar-refractivity contribution in [3.8, 4) is 0 Å². The Kier molecular flexibility index (Phi) is 7.24. The fourth-order valence-electron chi connectivity index (χ4n) is 4.34. The fourth-order valence-corrected chi connectivity index (χ4v) is 4.34. The summed E-state index contributed by atoms with van der Waals surface area (Å²) in [5.41, 5.74) is 0.493. The average Bonchev–Trinajstić information content (AvgIpc) is 3.28. The van der Waals surface area contributed by atoms with Crippen molar-refractivity contribution in [3.63, 3.8) is 0 Å². The highest BCUT2D eigenvalue weighted by Gasteiger charge is 2.45. The van der Waals surface area contributed by atoms with Crippen molar-refractivity contribution in [2.45, 2.75) is 85.1 Å². The van der Waals surface area contributed by atoms with E-state index in [-0.39, 0.29) is 17.9 Å². The first kappa shape index (κ1) is 25.5. The number of likely N-dealkylation sites (tertiary alicyclic amines) is 1. The highest BCUT2D eigenvalue weighted by molar-refractivity contribution is 5.87. The van der Waals surface area contributed by atoms with Gasteiger partial charge in [0.25, 0.3) is 0 Å². The maximum absolute atomic E-state index is 13.8. The number of alkyl carbamates (subject to hydrolysis) is 1. The molecule has 0 unspecified atom stereocenters. The smallest absolute Gasteiger partial charge is 0.408 e. The molecule has 1 saturated heterocycles. The van der Waals surface area contributed by atoms with E-state index in [0.717, 1.165) is 16.6 Å². The first-order valence-electron chi connectivity index (χ1n) is 11.6. The molecular formula is C25H36N4O5. The summed E-state index contributed by atoms with van der Waals surface area (Å²) in [7, 11) is 0. The van der Waals surface area contributed by atoms with Crippen LogP contribution in [0.4, 0.5) is 4.79 Å². The predicted molar refractivity (Wildman–Crippen MR) is 128 cm³/mol. The van der Waals surface area contributed by atoms with Crippen molar-refractivity contribution in [2.24, 2.45) is 5.41 Å². The Hall–Kier alpha value is -3.10. The molecule has 2 aromatic rings. The van der Waals surface area contributed by atoms with Crippen molar-refractivity contribution >= 4 is 29.0 Å². The average molecular weight is 473 g/mol. The fraction of sp³-hybridized carbons (Fsp3) is 0.600. The zero-order chi connectivity index (χ0) is 25.3. The summed E-state index contributed by atoms with van der Waals surface area (Å²) in [4.78, 5) is 47.4. The Morgan fingerprint density at radius 2 is 1.94 bits per heavy atom. The number of fused-ring (bicyclic) bond motifs is 1. The lowest BCUT2D eigenvalue weighted by atomic mass is 9.85. The summed E-state index contributed by atoms with van der Waals surface area (Å²) in [5.74, 6) is -0.611. The summed E-state index contributed by atoms with van der Waals surface area (Å²) in [5, 5.41) is 3.74. The van der Waals surface area contributed by atoms with E-state index >= 15 is 0 Å². The number of aromatic amines is 1. The summed E-state index contributed by atoms with van der Waals surface area (Å²) in [6.07, 6.45) is 3.52. The summed E-state index contributed by atoms with van der Waals surface area (Å²) < 4.78 is 11.0. The third-order valence-electron chi connectivity index (χ3n) is 5.82. The predicted octanol–water partition coefficient (Wildman–Crippen LogP) is 3.58. The summed E-state index contributed by atoms with van der Waals surface area (Å²) in [6, 6.07) is 2.64. The van der Waals surface area contributed by atoms with Crippen molar-refractivity contribution in [3.05, 3.63) is 30.1 Å². The molecule has 0 aliphatic carbocycles. The molecule has 3 atom stereocenters. The second-order valence-corrected chi connectivity index (χ2v) is 10.9. The molecule has 9 heteroatoms. The molecular weight excluding hydrogens is 436 g/mol. The Labute approximate surface area is 200 Å². The minimum Gasteiger partial charge on any atom is -0.460 e. The molecule has 3 heterocycles. The molecule has 34 heavy (non-hydrogen) atoms. The van der Waals surface area contributed by atoms with E-state index in [9.17, 15) is 14.4 Å². The number of esters is 1. The Bertz CT molecular complexity index is 1050. The molecule has 9 nitrogen and oxygen atoms in total. The van der Waals surface area contributed by atoms with Crippen molar-refractivity contribution in [2.75, 3.05) is 6.54 Å². The van der Waals surface area contributed by atoms with Crippen LogP contribution in [0.15, 0.2) is 24.5 Å². The van der Waals surface area contributed by atoms with E-state index in [1.807, 2.05) is 39.1 Å². The minimum absolute atomic E-state index is 0.226. The number of rotatable bonds is 5. The molecule has 0 aromatic carbocycles. The lowest BCUT2D eigenvalue weighted by molar-refractivity contribution is -0.150. The van der Waals surface area contributed by atoms with Gasteiger partial charge < -0.3 is 24.7 Å². The number of amides is 2. The topological polar surface area (TPSA) is 114 Å². The molecule has 0 spiro atoms. The van der Waals surface area contributed by atoms with Gasteiger partial charge in [0.05, 0.1) is 6.04 Å². The maximum Gasteiger partial charge on any atom is 0.408 e. The number of pyridine rings is 1. The number of carbonyl (C=O) groups is 3. The second-order valence-electron chi connectivity index (χ2n) is 10.9. The largest absolute Gasteiger partial charge is 0.460 e. The van der Waals surface area contributed by atoms with Crippen LogP contribution >= 0.6 is 0 Å². The number of carbonyl (C=O) groups excluding carboxylic acids is 3. The van der Waals surface area contributed by atoms with E-state index in [4.69, 9.17) is 9.47 Å². The second kappa shape index (κ2) is 9.64. The van der Waals surface area contributed by atoms with Crippen LogP contribution in [0.1, 0.15) is 60.5 Å². The third kappa shape index (κ3) is 6.07. The van der Waals surface area contributed by atoms with Gasteiger partial charge in [0, 0.05) is 37.7 Å². The van der Waals surface area contributed by atoms with Gasteiger partial charge in [-0.05, 0) is 50.3 Å². The number of ether oxygens (including phenoxy) is 2. The number of hydrogen-bond donors (Lipinski definition) is 2. The van der Waals surface area contributed by atoms with Crippen LogP contribution in [0.3, 0.4) is 0 Å². The number of H-pyrrole nitrogens is 1. The number of aromatic nitrogens is 2. The first-order chi connectivity index (χ1) is 15.8. The highest BCUT2D eigenvalue weighted by atomic mass is 16.6. The van der Waals surface area contributed by atoms with Crippen LogP contribution in [0.5, 0.6) is 0 Å². The minimum atomic E-state index is -0.814. The van der Waals surface area contributed by atoms with E-state index in [1.54, 1.807) is 31.9 Å². The maximum atomic E-state index is 13.8. The van der Waals surface area contributed by atoms with E-state index in [2.05, 4.69) is 15.3 Å². The van der Waals surface area contributed by atoms with Gasteiger partial charge in [-0.1, -0.05) is 20.8 Å². The van der Waals surface area contributed by atoms with Crippen LogP contribution < -0.4 is 5.32 Å². The van der Waals surface area contributed by atoms with Crippen LogP contribution in [0.25, 0.3) is 11.0 Å². The van der Waals surface area contributed by atoms with Crippen molar-refractivity contribution < 1.29 is 23.9 Å². The van der Waals surface area contributed by atoms with Crippen LogP contribution in [-0.4, -0.2) is 63.2 Å². The van der Waals surface area contributed by atoms with Crippen molar-refractivity contribution in [1.82, 2.24) is 20.2 Å². The number of nitrogens with one attached hydrogen (secondary N) is 2. The van der Waals surface area contributed by atoms with Gasteiger partial charge in [-0.3, -0.25) is 9.59 Å². The molecule has 3 rings (SSSR count). The van der Waals surface area contributed by atoms with Gasteiger partial charge in [-0.15, -0.1) is 0 Å². The highest BCUT2D eigenvalue weighted by Crippen LogP contribution is 2.31. The molecule has 1 fully saturated rings. The monoisotopic (exact) mass is 472 g/mol. The lowest BCUT2D eigenvalue weighted by Crippen LogP contribution is -2.57. The van der Waals surface area contributed by atoms with Gasteiger partial charge >= 0.3 is 12.1 Å². The SMILES string of the molecule is CC(=O)O[C@H]1CCN(C(=O)[C@@H](NC(=O)OC(C)(C)C)C(C)(C)C)[C@@H]1Cc1c[nH]c2ncccc12. The zero-order valence-corrected chi connectivity index (χ0v) is 21.1. The molecule has 2 N–H and O–H groups in total. The van der Waals surface area contributed by atoms with Gasteiger partial charge in [-0.25, -0.2) is 9.78 Å². The Balaban J connectivity index is 1.89. The van der Waals surface area contributed by atoms with E-state index in [0.29, 0.717) is 19.4 Å². The zero-order valence-electron chi connectivity index (χ0n) is 21.1. The Morgan fingerprint density at radius 3 is 2.56 bits per heavy atom. The first-order valence-corrected chi connectivity index (χ1v) is 11.6.